The van der Waals surface area contributed by atoms with Crippen LogP contribution in [0.1, 0.15) is 0 Å². The predicted octanol–water partition coefficient (Wildman–Crippen LogP) is 12.6. The van der Waals surface area contributed by atoms with Crippen LogP contribution in [0.5, 0.6) is 11.5 Å². The molecule has 0 saturated heterocycles. The van der Waals surface area contributed by atoms with Gasteiger partial charge in [-0.15, -0.1) is 0 Å². The average Bonchev–Trinajstić information content (AvgIpc) is 3.11. The minimum Gasteiger partial charge on any atom is -0.455 e. The van der Waals surface area contributed by atoms with Gasteiger partial charge in [-0.25, -0.2) is 0 Å². The van der Waals surface area contributed by atoms with Gasteiger partial charge in [0.25, 0.3) is 0 Å². The SMILES string of the molecule is c1cc(-c2ccc3c4c(cccc24)-c2ccc4ccccc4c2O3)cc(-c2c3ccccc3cc3c2ccc2ccccc23)c1. The quantitative estimate of drug-likeness (QED) is 0.148. The zero-order valence-electron chi connectivity index (χ0n) is 24.4. The zero-order valence-corrected chi connectivity index (χ0v) is 24.4. The van der Waals surface area contributed by atoms with Gasteiger partial charge >= 0.3 is 0 Å². The largest absolute Gasteiger partial charge is 0.455 e. The van der Waals surface area contributed by atoms with Gasteiger partial charge in [0.1, 0.15) is 11.5 Å². The lowest BCUT2D eigenvalue weighted by atomic mass is 9.87. The van der Waals surface area contributed by atoms with E-state index in [1.807, 2.05) is 0 Å². The van der Waals surface area contributed by atoms with Crippen molar-refractivity contribution in [1.29, 1.82) is 0 Å². The van der Waals surface area contributed by atoms with E-state index in [4.69, 9.17) is 4.74 Å². The van der Waals surface area contributed by atoms with Crippen LogP contribution in [0.15, 0.2) is 158 Å². The molecule has 1 nitrogen and oxygen atoms in total. The second-order valence-electron chi connectivity index (χ2n) is 12.0. The van der Waals surface area contributed by atoms with Crippen LogP contribution < -0.4 is 4.74 Å². The smallest absolute Gasteiger partial charge is 0.143 e. The second-order valence-corrected chi connectivity index (χ2v) is 12.0. The lowest BCUT2D eigenvalue weighted by molar-refractivity contribution is 0.493. The van der Waals surface area contributed by atoms with Gasteiger partial charge in [0.2, 0.25) is 0 Å². The maximum Gasteiger partial charge on any atom is 0.143 e. The van der Waals surface area contributed by atoms with Crippen LogP contribution in [0, 0.1) is 0 Å². The van der Waals surface area contributed by atoms with E-state index in [0.717, 1.165) is 22.4 Å². The maximum absolute atomic E-state index is 6.68. The summed E-state index contributed by atoms with van der Waals surface area (Å²) in [4.78, 5) is 0. The van der Waals surface area contributed by atoms with Crippen molar-refractivity contribution in [3.8, 4) is 44.9 Å². The van der Waals surface area contributed by atoms with E-state index in [0.29, 0.717) is 0 Å². The van der Waals surface area contributed by atoms with Crippen molar-refractivity contribution in [2.45, 2.75) is 0 Å². The summed E-state index contributed by atoms with van der Waals surface area (Å²) in [5, 5.41) is 12.4. The molecule has 0 atom stereocenters. The molecule has 0 bridgehead atoms. The van der Waals surface area contributed by atoms with E-state index in [-0.39, 0.29) is 0 Å². The van der Waals surface area contributed by atoms with Crippen molar-refractivity contribution in [2.24, 2.45) is 0 Å². The van der Waals surface area contributed by atoms with Gasteiger partial charge in [-0.2, -0.15) is 0 Å². The van der Waals surface area contributed by atoms with E-state index in [9.17, 15) is 0 Å². The first-order valence-electron chi connectivity index (χ1n) is 15.5. The van der Waals surface area contributed by atoms with Gasteiger partial charge in [-0.1, -0.05) is 133 Å². The number of rotatable bonds is 2. The minimum atomic E-state index is 0.913. The fraction of sp³-hybridized carbons (Fsp3) is 0. The van der Waals surface area contributed by atoms with Crippen LogP contribution in [-0.4, -0.2) is 0 Å². The molecule has 9 aromatic carbocycles. The highest BCUT2D eigenvalue weighted by molar-refractivity contribution is 6.20. The standard InChI is InChI=1S/C44H26O/c1-4-14-32-27(9-1)19-21-38-40(32)26-30-11-3-5-15-34(30)42(38)31-13-7-12-29(25-31)33-23-24-41-43-36(33)17-8-18-37(43)39-22-20-28-10-2-6-16-35(28)44(39)45-41/h1-26H. The van der Waals surface area contributed by atoms with Gasteiger partial charge in [0.15, 0.2) is 0 Å². The summed E-state index contributed by atoms with van der Waals surface area (Å²) in [5.41, 5.74) is 7.27. The lowest BCUT2D eigenvalue weighted by Crippen LogP contribution is -1.98. The number of hydrogen-bond acceptors (Lipinski definition) is 1. The number of fused-ring (bicyclic) bond motifs is 8. The van der Waals surface area contributed by atoms with Gasteiger partial charge in [0.05, 0.1) is 0 Å². The molecule has 0 amide bonds. The van der Waals surface area contributed by atoms with E-state index < -0.39 is 0 Å². The molecule has 0 spiro atoms. The van der Waals surface area contributed by atoms with Crippen LogP contribution in [-0.2, 0) is 0 Å². The zero-order chi connectivity index (χ0) is 29.5. The molecule has 1 aliphatic rings. The Morgan fingerprint density at radius 3 is 1.89 bits per heavy atom. The molecule has 1 heterocycles. The van der Waals surface area contributed by atoms with Gasteiger partial charge in [-0.3, -0.25) is 0 Å². The molecule has 0 N–H and O–H groups in total. The third kappa shape index (κ3) is 3.56. The van der Waals surface area contributed by atoms with Crippen LogP contribution in [0.2, 0.25) is 0 Å². The van der Waals surface area contributed by atoms with Gasteiger partial charge in [-0.05, 0) is 95.2 Å². The Morgan fingerprint density at radius 1 is 0.333 bits per heavy atom. The Labute approximate surface area is 260 Å². The Morgan fingerprint density at radius 2 is 1.00 bits per heavy atom. The molecule has 45 heavy (non-hydrogen) atoms. The summed E-state index contributed by atoms with van der Waals surface area (Å²) in [6.45, 7) is 0. The summed E-state index contributed by atoms with van der Waals surface area (Å²) in [6.07, 6.45) is 0. The fourth-order valence-corrected chi connectivity index (χ4v) is 7.58. The molecule has 1 heteroatoms. The molecule has 0 aliphatic carbocycles. The average molecular weight is 571 g/mol. The number of benzene rings is 9. The molecular weight excluding hydrogens is 544 g/mol. The summed E-state index contributed by atoms with van der Waals surface area (Å²) in [5.74, 6) is 1.86. The normalized spacial score (nSPS) is 12.2. The third-order valence-electron chi connectivity index (χ3n) is 9.62. The molecule has 208 valence electrons. The Balaban J connectivity index is 1.21. The molecule has 10 rings (SSSR count). The third-order valence-corrected chi connectivity index (χ3v) is 9.62. The predicted molar refractivity (Wildman–Crippen MR) is 190 cm³/mol. The van der Waals surface area contributed by atoms with Crippen molar-refractivity contribution < 1.29 is 4.74 Å². The molecule has 0 saturated carbocycles. The molecule has 0 aromatic heterocycles. The van der Waals surface area contributed by atoms with Crippen LogP contribution in [0.3, 0.4) is 0 Å². The molecular formula is C44H26O. The van der Waals surface area contributed by atoms with Crippen LogP contribution in [0.25, 0.3) is 87.2 Å². The van der Waals surface area contributed by atoms with E-state index in [1.165, 1.54) is 76.3 Å². The fourth-order valence-electron chi connectivity index (χ4n) is 7.58. The topological polar surface area (TPSA) is 9.23 Å². The van der Waals surface area contributed by atoms with Gasteiger partial charge < -0.3 is 4.74 Å². The first kappa shape index (κ1) is 24.5. The first-order chi connectivity index (χ1) is 22.3. The first-order valence-corrected chi connectivity index (χ1v) is 15.5. The number of ether oxygens (including phenoxy) is 1. The van der Waals surface area contributed by atoms with E-state index >= 15 is 0 Å². The minimum absolute atomic E-state index is 0.913. The summed E-state index contributed by atoms with van der Waals surface area (Å²) < 4.78 is 6.68. The highest BCUT2D eigenvalue weighted by Crippen LogP contribution is 2.51. The van der Waals surface area contributed by atoms with Gasteiger partial charge in [0, 0.05) is 16.3 Å². The van der Waals surface area contributed by atoms with Crippen LogP contribution in [0.4, 0.5) is 0 Å². The maximum atomic E-state index is 6.68. The van der Waals surface area contributed by atoms with Crippen LogP contribution >= 0.6 is 0 Å². The molecule has 9 aromatic rings. The molecule has 0 radical (unpaired) electrons. The van der Waals surface area contributed by atoms with Crippen molar-refractivity contribution in [1.82, 2.24) is 0 Å². The summed E-state index contributed by atoms with van der Waals surface area (Å²) >= 11 is 0. The molecule has 1 aliphatic heterocycles. The highest BCUT2D eigenvalue weighted by Gasteiger charge is 2.23. The second kappa shape index (κ2) is 9.29. The van der Waals surface area contributed by atoms with Crippen molar-refractivity contribution in [3.63, 3.8) is 0 Å². The van der Waals surface area contributed by atoms with Crippen molar-refractivity contribution in [3.05, 3.63) is 158 Å². The molecule has 0 unspecified atom stereocenters. The Bertz CT molecular complexity index is 2680. The number of hydrogen-bond donors (Lipinski definition) is 0. The lowest BCUT2D eigenvalue weighted by Gasteiger charge is -2.24. The highest BCUT2D eigenvalue weighted by atomic mass is 16.5. The van der Waals surface area contributed by atoms with Crippen molar-refractivity contribution in [2.75, 3.05) is 0 Å². The molecule has 0 fully saturated rings. The Hall–Kier alpha value is -5.92. The van der Waals surface area contributed by atoms with E-state index in [2.05, 4.69) is 158 Å². The summed E-state index contributed by atoms with van der Waals surface area (Å²) in [7, 11) is 0. The Kier molecular flexibility index (Phi) is 5.06. The van der Waals surface area contributed by atoms with Crippen molar-refractivity contribution >= 4 is 53.9 Å². The monoisotopic (exact) mass is 570 g/mol. The summed E-state index contributed by atoms with van der Waals surface area (Å²) in [6, 6.07) is 57.3. The van der Waals surface area contributed by atoms with E-state index in [1.54, 1.807) is 0 Å².